The van der Waals surface area contributed by atoms with Gasteiger partial charge >= 0.3 is 6.03 Å². The van der Waals surface area contributed by atoms with Crippen molar-refractivity contribution in [2.24, 2.45) is 0 Å². The Balaban J connectivity index is 1.62. The predicted octanol–water partition coefficient (Wildman–Crippen LogP) is 2.56. The zero-order valence-corrected chi connectivity index (χ0v) is 15.0. The van der Waals surface area contributed by atoms with Crippen molar-refractivity contribution in [3.05, 3.63) is 35.4 Å². The Morgan fingerprint density at radius 3 is 2.79 bits per heavy atom. The van der Waals surface area contributed by atoms with Gasteiger partial charge < -0.3 is 15.0 Å². The van der Waals surface area contributed by atoms with Crippen molar-refractivity contribution in [3.63, 3.8) is 0 Å². The molecule has 2 aliphatic heterocycles. The Labute approximate surface area is 145 Å². The zero-order chi connectivity index (χ0) is 17.1. The molecular formula is C19H29N3O2. The normalized spacial score (nSPS) is 25.9. The third-order valence-electron chi connectivity index (χ3n) is 5.34. The number of carbonyl (C=O) groups excluding carboxylic acids is 1. The van der Waals surface area contributed by atoms with Gasteiger partial charge in [-0.25, -0.2) is 4.79 Å². The first-order valence-corrected chi connectivity index (χ1v) is 9.02. The summed E-state index contributed by atoms with van der Waals surface area (Å²) in [6.07, 6.45) is 2.08. The summed E-state index contributed by atoms with van der Waals surface area (Å²) in [5, 5.41) is 3.21. The fourth-order valence-electron chi connectivity index (χ4n) is 3.69. The maximum absolute atomic E-state index is 12.7. The minimum atomic E-state index is 0.0415. The lowest BCUT2D eigenvalue weighted by atomic mass is 9.99. The number of benzene rings is 1. The topological polar surface area (TPSA) is 44.8 Å². The largest absolute Gasteiger partial charge is 0.375 e. The standard InChI is InChI=1S/C19H29N3O2/c1-4-16(15-7-5-14(2)6-8-15)20-19(23)22-10-9-18-17(13-22)21(3)11-12-24-18/h5-8,16-18H,4,9-13H2,1-3H3,(H,20,23)/t16-,17-,18-/m0/s1. The number of rotatable bonds is 3. The molecule has 0 unspecified atom stereocenters. The van der Waals surface area contributed by atoms with Crippen LogP contribution in [-0.4, -0.2) is 61.3 Å². The third-order valence-corrected chi connectivity index (χ3v) is 5.34. The lowest BCUT2D eigenvalue weighted by Crippen LogP contribution is -2.60. The monoisotopic (exact) mass is 331 g/mol. The van der Waals surface area contributed by atoms with Crippen LogP contribution in [0.15, 0.2) is 24.3 Å². The van der Waals surface area contributed by atoms with Crippen LogP contribution < -0.4 is 5.32 Å². The summed E-state index contributed by atoms with van der Waals surface area (Å²) in [6, 6.07) is 8.85. The van der Waals surface area contributed by atoms with Crippen molar-refractivity contribution in [2.45, 2.75) is 44.9 Å². The molecule has 5 nitrogen and oxygen atoms in total. The van der Waals surface area contributed by atoms with Crippen LogP contribution in [0, 0.1) is 6.92 Å². The quantitative estimate of drug-likeness (QED) is 0.926. The number of fused-ring (bicyclic) bond motifs is 1. The zero-order valence-electron chi connectivity index (χ0n) is 15.0. The molecule has 2 saturated heterocycles. The second-order valence-electron chi connectivity index (χ2n) is 7.01. The van der Waals surface area contributed by atoms with Gasteiger partial charge in [0, 0.05) is 19.6 Å². The highest BCUT2D eigenvalue weighted by molar-refractivity contribution is 5.75. The molecule has 1 N–H and O–H groups in total. The van der Waals surface area contributed by atoms with Gasteiger partial charge in [0.2, 0.25) is 0 Å². The summed E-state index contributed by atoms with van der Waals surface area (Å²) in [6.45, 7) is 7.45. The summed E-state index contributed by atoms with van der Waals surface area (Å²) in [7, 11) is 2.13. The van der Waals surface area contributed by atoms with E-state index in [1.165, 1.54) is 11.1 Å². The molecule has 24 heavy (non-hydrogen) atoms. The van der Waals surface area contributed by atoms with Crippen LogP contribution in [0.3, 0.4) is 0 Å². The van der Waals surface area contributed by atoms with Crippen LogP contribution in [0.5, 0.6) is 0 Å². The molecule has 1 aromatic carbocycles. The molecule has 2 aliphatic rings. The fourth-order valence-corrected chi connectivity index (χ4v) is 3.69. The van der Waals surface area contributed by atoms with Crippen molar-refractivity contribution in [1.29, 1.82) is 0 Å². The van der Waals surface area contributed by atoms with Gasteiger partial charge in [-0.3, -0.25) is 4.90 Å². The molecule has 1 aromatic rings. The summed E-state index contributed by atoms with van der Waals surface area (Å²) >= 11 is 0. The number of morpholine rings is 1. The van der Waals surface area contributed by atoms with Crippen molar-refractivity contribution in [3.8, 4) is 0 Å². The Morgan fingerprint density at radius 1 is 1.33 bits per heavy atom. The number of nitrogens with one attached hydrogen (secondary N) is 1. The Bertz CT molecular complexity index is 560. The number of nitrogens with zero attached hydrogens (tertiary/aromatic N) is 2. The second kappa shape index (κ2) is 7.53. The molecule has 0 aliphatic carbocycles. The maximum atomic E-state index is 12.7. The van der Waals surface area contributed by atoms with Gasteiger partial charge in [0.15, 0.2) is 0 Å². The van der Waals surface area contributed by atoms with Gasteiger partial charge in [-0.05, 0) is 32.4 Å². The number of amides is 2. The SMILES string of the molecule is CC[C@H](NC(=O)N1CC[C@@H]2OCCN(C)[C@H]2C1)c1ccc(C)cc1. The molecule has 0 saturated carbocycles. The molecule has 2 fully saturated rings. The molecule has 2 amide bonds. The number of ether oxygens (including phenoxy) is 1. The first-order chi connectivity index (χ1) is 11.6. The molecule has 0 aromatic heterocycles. The molecule has 5 heteroatoms. The molecule has 0 bridgehead atoms. The van der Waals surface area contributed by atoms with Gasteiger partial charge in [0.1, 0.15) is 0 Å². The average molecular weight is 331 g/mol. The number of carbonyl (C=O) groups is 1. The van der Waals surface area contributed by atoms with E-state index in [-0.39, 0.29) is 18.2 Å². The van der Waals surface area contributed by atoms with E-state index >= 15 is 0 Å². The predicted molar refractivity (Wildman–Crippen MR) is 95.1 cm³/mol. The molecular weight excluding hydrogens is 302 g/mol. The number of likely N-dealkylation sites (tertiary alicyclic amines) is 1. The van der Waals surface area contributed by atoms with Crippen molar-refractivity contribution in [1.82, 2.24) is 15.1 Å². The second-order valence-corrected chi connectivity index (χ2v) is 7.01. The minimum absolute atomic E-state index is 0.0415. The molecule has 3 atom stereocenters. The number of piperidine rings is 1. The number of urea groups is 1. The van der Waals surface area contributed by atoms with E-state index in [9.17, 15) is 4.79 Å². The minimum Gasteiger partial charge on any atom is -0.375 e. The van der Waals surface area contributed by atoms with Gasteiger partial charge in [-0.1, -0.05) is 36.8 Å². The molecule has 132 valence electrons. The molecule has 2 heterocycles. The Hall–Kier alpha value is -1.59. The highest BCUT2D eigenvalue weighted by atomic mass is 16.5. The lowest BCUT2D eigenvalue weighted by Gasteiger charge is -2.45. The lowest BCUT2D eigenvalue weighted by molar-refractivity contribution is -0.0882. The van der Waals surface area contributed by atoms with Crippen LogP contribution in [0.4, 0.5) is 4.79 Å². The van der Waals surface area contributed by atoms with E-state index in [4.69, 9.17) is 4.74 Å². The number of hydrogen-bond donors (Lipinski definition) is 1. The molecule has 0 radical (unpaired) electrons. The summed E-state index contributed by atoms with van der Waals surface area (Å²) < 4.78 is 5.86. The van der Waals surface area contributed by atoms with Gasteiger partial charge in [-0.15, -0.1) is 0 Å². The first-order valence-electron chi connectivity index (χ1n) is 9.02. The van der Waals surface area contributed by atoms with Gasteiger partial charge in [0.05, 0.1) is 24.8 Å². The van der Waals surface area contributed by atoms with E-state index in [0.717, 1.165) is 39.1 Å². The van der Waals surface area contributed by atoms with E-state index in [1.54, 1.807) is 0 Å². The highest BCUT2D eigenvalue weighted by Crippen LogP contribution is 2.23. The van der Waals surface area contributed by atoms with Crippen LogP contribution in [0.25, 0.3) is 0 Å². The van der Waals surface area contributed by atoms with Crippen molar-refractivity contribution < 1.29 is 9.53 Å². The van der Waals surface area contributed by atoms with Crippen molar-refractivity contribution >= 4 is 6.03 Å². The Morgan fingerprint density at radius 2 is 2.08 bits per heavy atom. The van der Waals surface area contributed by atoms with Gasteiger partial charge in [0.25, 0.3) is 0 Å². The Kier molecular flexibility index (Phi) is 5.41. The smallest absolute Gasteiger partial charge is 0.317 e. The van der Waals surface area contributed by atoms with Crippen LogP contribution in [0.1, 0.15) is 36.9 Å². The van der Waals surface area contributed by atoms with E-state index in [0.29, 0.717) is 6.04 Å². The third kappa shape index (κ3) is 3.73. The van der Waals surface area contributed by atoms with Crippen LogP contribution in [0.2, 0.25) is 0 Å². The summed E-state index contributed by atoms with van der Waals surface area (Å²) in [5.41, 5.74) is 2.41. The molecule has 0 spiro atoms. The van der Waals surface area contributed by atoms with E-state index < -0.39 is 0 Å². The van der Waals surface area contributed by atoms with Gasteiger partial charge in [-0.2, -0.15) is 0 Å². The van der Waals surface area contributed by atoms with Crippen LogP contribution >= 0.6 is 0 Å². The average Bonchev–Trinajstić information content (AvgIpc) is 2.60. The number of hydrogen-bond acceptors (Lipinski definition) is 3. The first kappa shape index (κ1) is 17.2. The summed E-state index contributed by atoms with van der Waals surface area (Å²) in [5.74, 6) is 0. The number of aryl methyl sites for hydroxylation is 1. The van der Waals surface area contributed by atoms with E-state index in [2.05, 4.69) is 55.4 Å². The maximum Gasteiger partial charge on any atom is 0.317 e. The fraction of sp³-hybridized carbons (Fsp3) is 0.632. The van der Waals surface area contributed by atoms with Crippen LogP contribution in [-0.2, 0) is 4.74 Å². The summed E-state index contributed by atoms with van der Waals surface area (Å²) in [4.78, 5) is 17.0. The number of likely N-dealkylation sites (N-methyl/N-ethyl adjacent to an activating group) is 1. The highest BCUT2D eigenvalue weighted by Gasteiger charge is 2.37. The van der Waals surface area contributed by atoms with E-state index in [1.807, 2.05) is 4.90 Å². The van der Waals surface area contributed by atoms with Crippen molar-refractivity contribution in [2.75, 3.05) is 33.3 Å². The molecule has 3 rings (SSSR count).